The molecular weight excluding hydrogens is 392 g/mol. The third-order valence-electron chi connectivity index (χ3n) is 4.88. The van der Waals surface area contributed by atoms with Gasteiger partial charge in [0.1, 0.15) is 5.75 Å². The number of hydrogen-bond acceptors (Lipinski definition) is 4. The smallest absolute Gasteiger partial charge is 0.267 e. The van der Waals surface area contributed by atoms with Gasteiger partial charge in [-0.1, -0.05) is 60.7 Å². The molecule has 1 atom stereocenters. The van der Waals surface area contributed by atoms with Crippen molar-refractivity contribution in [3.8, 4) is 5.75 Å². The highest BCUT2D eigenvalue weighted by Gasteiger charge is 2.37. The molecule has 0 unspecified atom stereocenters. The molecule has 4 nitrogen and oxygen atoms in total. The van der Waals surface area contributed by atoms with Gasteiger partial charge in [-0.3, -0.25) is 9.69 Å². The van der Waals surface area contributed by atoms with Gasteiger partial charge in [0.05, 0.1) is 23.7 Å². The largest absolute Gasteiger partial charge is 0.497 e. The zero-order chi connectivity index (χ0) is 20.9. The molecule has 0 bridgehead atoms. The van der Waals surface area contributed by atoms with Crippen molar-refractivity contribution in [2.45, 2.75) is 13.0 Å². The summed E-state index contributed by atoms with van der Waals surface area (Å²) in [5, 5.41) is 0.677. The Morgan fingerprint density at radius 2 is 1.67 bits per heavy atom. The van der Waals surface area contributed by atoms with Gasteiger partial charge >= 0.3 is 0 Å². The summed E-state index contributed by atoms with van der Waals surface area (Å²) < 4.78 is 5.31. The number of ether oxygens (including phenoxy) is 1. The maximum Gasteiger partial charge on any atom is 0.267 e. The molecule has 0 aliphatic carbocycles. The van der Waals surface area contributed by atoms with E-state index in [1.54, 1.807) is 12.0 Å². The van der Waals surface area contributed by atoms with Gasteiger partial charge in [-0.2, -0.15) is 0 Å². The fraction of sp³-hybridized carbons (Fsp3) is 0.120. The van der Waals surface area contributed by atoms with E-state index in [9.17, 15) is 4.79 Å². The van der Waals surface area contributed by atoms with Gasteiger partial charge in [0, 0.05) is 0 Å². The summed E-state index contributed by atoms with van der Waals surface area (Å²) in [4.78, 5) is 20.6. The molecule has 1 heterocycles. The lowest BCUT2D eigenvalue weighted by molar-refractivity contribution is -0.123. The van der Waals surface area contributed by atoms with E-state index in [0.29, 0.717) is 10.1 Å². The molecule has 3 aromatic rings. The third kappa shape index (κ3) is 4.31. The van der Waals surface area contributed by atoms with Crippen molar-refractivity contribution in [2.24, 2.45) is 4.99 Å². The lowest BCUT2D eigenvalue weighted by Crippen LogP contribution is -2.32. The SMILES string of the molecule is COc1cccc(/C=C2/SC(=Nc3ccccc3)N([C@H](C)c3ccccc3)C2=O)c1. The zero-order valence-corrected chi connectivity index (χ0v) is 17.7. The Morgan fingerprint density at radius 1 is 0.967 bits per heavy atom. The molecular formula is C25H22N2O2S. The Bertz CT molecular complexity index is 1090. The summed E-state index contributed by atoms with van der Waals surface area (Å²) in [5.41, 5.74) is 2.80. The van der Waals surface area contributed by atoms with E-state index in [1.807, 2.05) is 97.9 Å². The van der Waals surface area contributed by atoms with Crippen LogP contribution < -0.4 is 4.74 Å². The Kier molecular flexibility index (Phi) is 6.00. The molecule has 0 spiro atoms. The molecule has 1 saturated heterocycles. The quantitative estimate of drug-likeness (QED) is 0.477. The third-order valence-corrected chi connectivity index (χ3v) is 5.86. The molecule has 0 N–H and O–H groups in total. The molecule has 1 aliphatic rings. The first-order chi connectivity index (χ1) is 14.7. The number of amidine groups is 1. The van der Waals surface area contributed by atoms with Crippen LogP contribution in [0.5, 0.6) is 5.75 Å². The average molecular weight is 415 g/mol. The second kappa shape index (κ2) is 9.01. The number of para-hydroxylation sites is 1. The van der Waals surface area contributed by atoms with Gasteiger partial charge in [0.15, 0.2) is 5.17 Å². The Morgan fingerprint density at radius 3 is 2.37 bits per heavy atom. The van der Waals surface area contributed by atoms with Gasteiger partial charge < -0.3 is 4.74 Å². The normalized spacial score (nSPS) is 17.5. The lowest BCUT2D eigenvalue weighted by Gasteiger charge is -2.24. The van der Waals surface area contributed by atoms with Crippen molar-refractivity contribution >= 4 is 34.6 Å². The van der Waals surface area contributed by atoms with Crippen molar-refractivity contribution < 1.29 is 9.53 Å². The average Bonchev–Trinajstić information content (AvgIpc) is 3.09. The van der Waals surface area contributed by atoms with Gasteiger partial charge in [0.2, 0.25) is 0 Å². The highest BCUT2D eigenvalue weighted by Crippen LogP contribution is 2.39. The van der Waals surface area contributed by atoms with E-state index in [0.717, 1.165) is 22.6 Å². The number of carbonyl (C=O) groups is 1. The number of rotatable bonds is 5. The first-order valence-electron chi connectivity index (χ1n) is 9.71. The monoisotopic (exact) mass is 414 g/mol. The van der Waals surface area contributed by atoms with E-state index in [2.05, 4.69) is 0 Å². The summed E-state index contributed by atoms with van der Waals surface area (Å²) in [6.45, 7) is 2.03. The van der Waals surface area contributed by atoms with Gasteiger partial charge in [-0.05, 0) is 60.2 Å². The van der Waals surface area contributed by atoms with Crippen LogP contribution in [0.2, 0.25) is 0 Å². The van der Waals surface area contributed by atoms with Crippen LogP contribution >= 0.6 is 11.8 Å². The number of methoxy groups -OCH3 is 1. The Labute approximate surface area is 180 Å². The standard InChI is InChI=1S/C25H22N2O2S/c1-18(20-11-5-3-6-12-20)27-24(28)23(17-19-10-9-15-22(16-19)29-2)30-25(27)26-21-13-7-4-8-14-21/h3-18H,1-2H3/b23-17+,26-25?/t18-/m1/s1. The van der Waals surface area contributed by atoms with E-state index >= 15 is 0 Å². The van der Waals surface area contributed by atoms with E-state index in [1.165, 1.54) is 11.8 Å². The number of benzene rings is 3. The van der Waals surface area contributed by atoms with Crippen LogP contribution in [0.4, 0.5) is 5.69 Å². The van der Waals surface area contributed by atoms with Crippen molar-refractivity contribution in [2.75, 3.05) is 7.11 Å². The van der Waals surface area contributed by atoms with Crippen molar-refractivity contribution in [3.63, 3.8) is 0 Å². The molecule has 5 heteroatoms. The summed E-state index contributed by atoms with van der Waals surface area (Å²) in [5.74, 6) is 0.710. The summed E-state index contributed by atoms with van der Waals surface area (Å²) in [7, 11) is 1.63. The van der Waals surface area contributed by atoms with Crippen LogP contribution in [-0.2, 0) is 4.79 Å². The molecule has 1 amide bonds. The number of carbonyl (C=O) groups excluding carboxylic acids is 1. The number of amides is 1. The van der Waals surface area contributed by atoms with Crippen LogP contribution in [0.1, 0.15) is 24.1 Å². The van der Waals surface area contributed by atoms with Crippen molar-refractivity contribution in [3.05, 3.63) is 101 Å². The zero-order valence-electron chi connectivity index (χ0n) is 16.9. The first kappa shape index (κ1) is 20.0. The molecule has 3 aromatic carbocycles. The van der Waals surface area contributed by atoms with Crippen LogP contribution in [-0.4, -0.2) is 23.1 Å². The molecule has 1 fully saturated rings. The van der Waals surface area contributed by atoms with Gasteiger partial charge in [-0.15, -0.1) is 0 Å². The topological polar surface area (TPSA) is 41.9 Å². The maximum atomic E-state index is 13.4. The fourth-order valence-corrected chi connectivity index (χ4v) is 4.35. The predicted molar refractivity (Wildman–Crippen MR) is 124 cm³/mol. The fourth-order valence-electron chi connectivity index (χ4n) is 3.28. The molecule has 0 saturated carbocycles. The van der Waals surface area contributed by atoms with Gasteiger partial charge in [0.25, 0.3) is 5.91 Å². The lowest BCUT2D eigenvalue weighted by atomic mass is 10.1. The minimum atomic E-state index is -0.134. The molecule has 0 radical (unpaired) electrons. The van der Waals surface area contributed by atoms with Crippen molar-refractivity contribution in [1.29, 1.82) is 0 Å². The molecule has 30 heavy (non-hydrogen) atoms. The number of hydrogen-bond donors (Lipinski definition) is 0. The maximum absolute atomic E-state index is 13.4. The second-order valence-electron chi connectivity index (χ2n) is 6.88. The number of nitrogens with zero attached hydrogens (tertiary/aromatic N) is 2. The van der Waals surface area contributed by atoms with E-state index in [-0.39, 0.29) is 11.9 Å². The number of thioether (sulfide) groups is 1. The highest BCUT2D eigenvalue weighted by atomic mass is 32.2. The number of aliphatic imine (C=N–C) groups is 1. The molecule has 1 aliphatic heterocycles. The minimum absolute atomic E-state index is 0.0474. The predicted octanol–water partition coefficient (Wildman–Crippen LogP) is 6.06. The van der Waals surface area contributed by atoms with E-state index < -0.39 is 0 Å². The van der Waals surface area contributed by atoms with Crippen LogP contribution in [0.25, 0.3) is 6.08 Å². The van der Waals surface area contributed by atoms with Gasteiger partial charge in [-0.25, -0.2) is 4.99 Å². The summed E-state index contributed by atoms with van der Waals surface area (Å²) in [6, 6.07) is 27.3. The Hall–Kier alpha value is -3.31. The molecule has 4 rings (SSSR count). The molecule has 0 aromatic heterocycles. The Balaban J connectivity index is 1.74. The molecule has 150 valence electrons. The van der Waals surface area contributed by atoms with Crippen LogP contribution in [0, 0.1) is 0 Å². The minimum Gasteiger partial charge on any atom is -0.497 e. The summed E-state index contributed by atoms with van der Waals surface area (Å²) in [6.07, 6.45) is 1.90. The van der Waals surface area contributed by atoms with E-state index in [4.69, 9.17) is 9.73 Å². The van der Waals surface area contributed by atoms with Crippen molar-refractivity contribution in [1.82, 2.24) is 4.90 Å². The highest BCUT2D eigenvalue weighted by molar-refractivity contribution is 8.18. The van der Waals surface area contributed by atoms with Crippen LogP contribution in [0.15, 0.2) is 94.8 Å². The second-order valence-corrected chi connectivity index (χ2v) is 7.89. The first-order valence-corrected chi connectivity index (χ1v) is 10.5. The van der Waals surface area contributed by atoms with Crippen LogP contribution in [0.3, 0.4) is 0 Å². The summed E-state index contributed by atoms with van der Waals surface area (Å²) >= 11 is 1.40.